The molecule has 1 unspecified atom stereocenters. The number of carbonyl (C=O) groups excluding carboxylic acids is 2. The summed E-state index contributed by atoms with van der Waals surface area (Å²) in [6.45, 7) is 6.53. The van der Waals surface area contributed by atoms with E-state index in [1.165, 1.54) is 0 Å². The summed E-state index contributed by atoms with van der Waals surface area (Å²) in [6, 6.07) is 7.24. The minimum atomic E-state index is -0.945. The van der Waals surface area contributed by atoms with Gasteiger partial charge in [-0.1, -0.05) is 11.6 Å². The molecule has 3 heterocycles. The maximum Gasteiger partial charge on any atom is 0.274 e. The molecule has 0 radical (unpaired) electrons. The Morgan fingerprint density at radius 1 is 1.12 bits per heavy atom. The number of benzene rings is 1. The summed E-state index contributed by atoms with van der Waals surface area (Å²) in [7, 11) is 1.81. The van der Waals surface area contributed by atoms with Crippen molar-refractivity contribution in [2.45, 2.75) is 45.1 Å². The Bertz CT molecular complexity index is 1030. The Hall–Kier alpha value is -2.58. The van der Waals surface area contributed by atoms with Crippen molar-refractivity contribution in [3.05, 3.63) is 46.2 Å². The van der Waals surface area contributed by atoms with Gasteiger partial charge in [-0.15, -0.1) is 0 Å². The van der Waals surface area contributed by atoms with Crippen LogP contribution in [0.4, 0.5) is 0 Å². The van der Waals surface area contributed by atoms with E-state index >= 15 is 0 Å². The summed E-state index contributed by atoms with van der Waals surface area (Å²) >= 11 is 6.15. The van der Waals surface area contributed by atoms with Gasteiger partial charge in [0.2, 0.25) is 5.91 Å². The maximum absolute atomic E-state index is 13.2. The molecular weight excluding hydrogens is 456 g/mol. The van der Waals surface area contributed by atoms with E-state index in [9.17, 15) is 9.59 Å². The lowest BCUT2D eigenvalue weighted by Gasteiger charge is -2.43. The van der Waals surface area contributed by atoms with Crippen molar-refractivity contribution in [1.29, 1.82) is 0 Å². The third kappa shape index (κ3) is 5.55. The van der Waals surface area contributed by atoms with E-state index < -0.39 is 5.60 Å². The van der Waals surface area contributed by atoms with Gasteiger partial charge in [0, 0.05) is 37.4 Å². The van der Waals surface area contributed by atoms with Crippen LogP contribution in [0.1, 0.15) is 47.4 Å². The minimum Gasteiger partial charge on any atom is -0.490 e. The molecule has 2 saturated heterocycles. The van der Waals surface area contributed by atoms with Gasteiger partial charge in [-0.2, -0.15) is 5.10 Å². The molecule has 34 heavy (non-hydrogen) atoms. The predicted octanol–water partition coefficient (Wildman–Crippen LogP) is 3.38. The highest BCUT2D eigenvalue weighted by atomic mass is 35.5. The van der Waals surface area contributed by atoms with E-state index in [4.69, 9.17) is 21.1 Å². The average molecular weight is 489 g/mol. The molecule has 0 bridgehead atoms. The number of halogens is 1. The number of aromatic nitrogens is 2. The largest absolute Gasteiger partial charge is 0.490 e. The summed E-state index contributed by atoms with van der Waals surface area (Å²) in [5, 5.41) is 5.01. The number of morpholine rings is 1. The SMILES string of the molecule is Cc1cc(OCC2(CC(=O)N3CCCCC3)CN(C(=O)c3cc(C)n(C)n3)CCO2)ccc1Cl. The molecule has 2 aliphatic rings. The number of hydrogen-bond donors (Lipinski definition) is 0. The number of nitrogens with zero attached hydrogens (tertiary/aromatic N) is 4. The molecule has 184 valence electrons. The number of rotatable bonds is 6. The van der Waals surface area contributed by atoms with Crippen molar-refractivity contribution < 1.29 is 19.1 Å². The van der Waals surface area contributed by atoms with Gasteiger partial charge in [0.1, 0.15) is 18.0 Å². The van der Waals surface area contributed by atoms with Crippen LogP contribution in [0, 0.1) is 13.8 Å². The topological polar surface area (TPSA) is 76.9 Å². The first-order valence-corrected chi connectivity index (χ1v) is 12.2. The van der Waals surface area contributed by atoms with Crippen molar-refractivity contribution in [1.82, 2.24) is 19.6 Å². The Morgan fingerprint density at radius 2 is 1.88 bits per heavy atom. The molecule has 1 aromatic carbocycles. The van der Waals surface area contributed by atoms with Crippen LogP contribution in [-0.2, 0) is 16.6 Å². The van der Waals surface area contributed by atoms with Gasteiger partial charge in [0.15, 0.2) is 5.69 Å². The molecule has 2 fully saturated rings. The highest BCUT2D eigenvalue weighted by Gasteiger charge is 2.43. The smallest absolute Gasteiger partial charge is 0.274 e. The van der Waals surface area contributed by atoms with Crippen LogP contribution in [-0.4, -0.2) is 76.4 Å². The van der Waals surface area contributed by atoms with E-state index in [0.717, 1.165) is 43.6 Å². The number of ether oxygens (including phenoxy) is 2. The second-order valence-corrected chi connectivity index (χ2v) is 9.78. The van der Waals surface area contributed by atoms with Gasteiger partial charge in [0.25, 0.3) is 5.91 Å². The molecule has 9 heteroatoms. The summed E-state index contributed by atoms with van der Waals surface area (Å²) < 4.78 is 14.0. The lowest BCUT2D eigenvalue weighted by Crippen LogP contribution is -2.58. The minimum absolute atomic E-state index is 0.0403. The number of piperidine rings is 1. The van der Waals surface area contributed by atoms with Crippen LogP contribution >= 0.6 is 11.6 Å². The molecule has 0 N–H and O–H groups in total. The molecule has 2 aliphatic heterocycles. The summed E-state index contributed by atoms with van der Waals surface area (Å²) in [4.78, 5) is 30.1. The monoisotopic (exact) mass is 488 g/mol. The van der Waals surface area contributed by atoms with Crippen LogP contribution in [0.2, 0.25) is 5.02 Å². The number of carbonyl (C=O) groups is 2. The quantitative estimate of drug-likeness (QED) is 0.623. The first-order valence-electron chi connectivity index (χ1n) is 11.9. The highest BCUT2D eigenvalue weighted by molar-refractivity contribution is 6.31. The molecule has 0 spiro atoms. The zero-order chi connectivity index (χ0) is 24.3. The van der Waals surface area contributed by atoms with Crippen LogP contribution in [0.15, 0.2) is 24.3 Å². The zero-order valence-electron chi connectivity index (χ0n) is 20.2. The first-order chi connectivity index (χ1) is 16.3. The lowest BCUT2D eigenvalue weighted by atomic mass is 9.96. The molecule has 0 aliphatic carbocycles. The van der Waals surface area contributed by atoms with Crippen molar-refractivity contribution in [3.63, 3.8) is 0 Å². The van der Waals surface area contributed by atoms with Crippen molar-refractivity contribution in [2.24, 2.45) is 7.05 Å². The molecule has 1 atom stereocenters. The summed E-state index contributed by atoms with van der Waals surface area (Å²) in [6.07, 6.45) is 3.34. The fourth-order valence-electron chi connectivity index (χ4n) is 4.54. The van der Waals surface area contributed by atoms with E-state index in [1.807, 2.05) is 31.9 Å². The third-order valence-electron chi connectivity index (χ3n) is 6.68. The highest BCUT2D eigenvalue weighted by Crippen LogP contribution is 2.28. The molecule has 1 aromatic heterocycles. The van der Waals surface area contributed by atoms with E-state index in [2.05, 4.69) is 5.10 Å². The van der Waals surface area contributed by atoms with Gasteiger partial charge >= 0.3 is 0 Å². The molecular formula is C25H33ClN4O4. The Labute approximate surface area is 205 Å². The molecule has 8 nitrogen and oxygen atoms in total. The van der Waals surface area contributed by atoms with Crippen LogP contribution in [0.5, 0.6) is 5.75 Å². The molecule has 0 saturated carbocycles. The molecule has 2 aromatic rings. The molecule has 4 rings (SSSR count). The lowest BCUT2D eigenvalue weighted by molar-refractivity contribution is -0.153. The number of hydrogen-bond acceptors (Lipinski definition) is 5. The normalized spacial score (nSPS) is 20.9. The van der Waals surface area contributed by atoms with Gasteiger partial charge in [-0.25, -0.2) is 0 Å². The fourth-order valence-corrected chi connectivity index (χ4v) is 4.66. The van der Waals surface area contributed by atoms with E-state index in [1.54, 1.807) is 27.8 Å². The van der Waals surface area contributed by atoms with Gasteiger partial charge in [-0.3, -0.25) is 14.3 Å². The number of aryl methyl sites for hydroxylation is 3. The summed E-state index contributed by atoms with van der Waals surface area (Å²) in [5.74, 6) is 0.529. The standard InChI is InChI=1S/C25H33ClN4O4/c1-18-13-20(7-8-21(18)26)33-17-25(15-23(31)29-9-5-4-6-10-29)16-30(11-12-34-25)24(32)22-14-19(2)28(3)27-22/h7-8,13-14H,4-6,9-12,15-17H2,1-3H3. The van der Waals surface area contributed by atoms with Crippen LogP contribution in [0.25, 0.3) is 0 Å². The van der Waals surface area contributed by atoms with E-state index in [0.29, 0.717) is 29.6 Å². The second-order valence-electron chi connectivity index (χ2n) is 9.37. The average Bonchev–Trinajstić information content (AvgIpc) is 3.18. The fraction of sp³-hybridized carbons (Fsp3) is 0.560. The van der Waals surface area contributed by atoms with E-state index in [-0.39, 0.29) is 31.4 Å². The third-order valence-corrected chi connectivity index (χ3v) is 7.11. The zero-order valence-corrected chi connectivity index (χ0v) is 20.9. The Balaban J connectivity index is 1.54. The van der Waals surface area contributed by atoms with Crippen molar-refractivity contribution in [2.75, 3.05) is 39.4 Å². The maximum atomic E-state index is 13.2. The summed E-state index contributed by atoms with van der Waals surface area (Å²) in [5.41, 5.74) is 1.27. The van der Waals surface area contributed by atoms with Crippen molar-refractivity contribution >= 4 is 23.4 Å². The Morgan fingerprint density at radius 3 is 2.56 bits per heavy atom. The number of likely N-dealkylation sites (tertiary alicyclic amines) is 1. The van der Waals surface area contributed by atoms with Gasteiger partial charge in [0.05, 0.1) is 19.6 Å². The number of amides is 2. The molecule has 2 amide bonds. The predicted molar refractivity (Wildman–Crippen MR) is 129 cm³/mol. The second kappa shape index (κ2) is 10.4. The first kappa shape index (κ1) is 24.5. The van der Waals surface area contributed by atoms with Gasteiger partial charge in [-0.05, 0) is 62.9 Å². The Kier molecular flexibility index (Phi) is 7.48. The van der Waals surface area contributed by atoms with Crippen molar-refractivity contribution in [3.8, 4) is 5.75 Å². The van der Waals surface area contributed by atoms with Crippen LogP contribution < -0.4 is 4.74 Å². The van der Waals surface area contributed by atoms with Crippen LogP contribution in [0.3, 0.4) is 0 Å². The van der Waals surface area contributed by atoms with Gasteiger partial charge < -0.3 is 19.3 Å².